The Hall–Kier alpha value is -3.00. The SMILES string of the molecule is CCC(Sc1nnc2c(n1)[nH]c1ccccc12)C(=O)Nc1ncccc1C. The van der Waals surface area contributed by atoms with Crippen molar-refractivity contribution < 1.29 is 4.79 Å². The molecule has 7 nitrogen and oxygen atoms in total. The van der Waals surface area contributed by atoms with Crippen molar-refractivity contribution in [2.24, 2.45) is 0 Å². The molecule has 1 amide bonds. The van der Waals surface area contributed by atoms with E-state index in [4.69, 9.17) is 0 Å². The van der Waals surface area contributed by atoms with Gasteiger partial charge in [-0.15, -0.1) is 10.2 Å². The van der Waals surface area contributed by atoms with E-state index in [2.05, 4.69) is 30.5 Å². The van der Waals surface area contributed by atoms with Gasteiger partial charge in [-0.2, -0.15) is 0 Å². The maximum Gasteiger partial charge on any atom is 0.239 e. The van der Waals surface area contributed by atoms with Gasteiger partial charge in [0.05, 0.1) is 5.25 Å². The first-order valence-corrected chi connectivity index (χ1v) is 9.54. The summed E-state index contributed by atoms with van der Waals surface area (Å²) in [7, 11) is 0. The monoisotopic (exact) mass is 378 g/mol. The summed E-state index contributed by atoms with van der Waals surface area (Å²) in [4.78, 5) is 24.7. The zero-order chi connectivity index (χ0) is 18.8. The summed E-state index contributed by atoms with van der Waals surface area (Å²) in [6.45, 7) is 3.87. The summed E-state index contributed by atoms with van der Waals surface area (Å²) < 4.78 is 0. The van der Waals surface area contributed by atoms with E-state index in [9.17, 15) is 4.79 Å². The van der Waals surface area contributed by atoms with Crippen LogP contribution in [0.5, 0.6) is 0 Å². The third-order valence-corrected chi connectivity index (χ3v) is 5.48. The maximum absolute atomic E-state index is 12.6. The minimum absolute atomic E-state index is 0.121. The first kappa shape index (κ1) is 17.4. The molecule has 1 aromatic carbocycles. The lowest BCUT2D eigenvalue weighted by molar-refractivity contribution is -0.115. The highest BCUT2D eigenvalue weighted by molar-refractivity contribution is 8.00. The van der Waals surface area contributed by atoms with Crippen LogP contribution in [0.2, 0.25) is 0 Å². The first-order chi connectivity index (χ1) is 13.2. The van der Waals surface area contributed by atoms with Crippen LogP contribution in [-0.4, -0.2) is 36.3 Å². The summed E-state index contributed by atoms with van der Waals surface area (Å²) in [5.41, 5.74) is 3.29. The molecular weight excluding hydrogens is 360 g/mol. The number of carbonyl (C=O) groups excluding carboxylic acids is 1. The fraction of sp³-hybridized carbons (Fsp3) is 0.211. The number of anilines is 1. The summed E-state index contributed by atoms with van der Waals surface area (Å²) >= 11 is 1.30. The van der Waals surface area contributed by atoms with Gasteiger partial charge < -0.3 is 10.3 Å². The molecule has 0 radical (unpaired) electrons. The molecular formula is C19H18N6OS. The molecule has 2 N–H and O–H groups in total. The van der Waals surface area contributed by atoms with E-state index in [0.717, 1.165) is 22.0 Å². The lowest BCUT2D eigenvalue weighted by Gasteiger charge is -2.14. The fourth-order valence-electron chi connectivity index (χ4n) is 2.82. The number of aromatic nitrogens is 5. The van der Waals surface area contributed by atoms with Crippen LogP contribution >= 0.6 is 11.8 Å². The third-order valence-electron chi connectivity index (χ3n) is 4.26. The number of aryl methyl sites for hydroxylation is 1. The number of carbonyl (C=O) groups is 1. The van der Waals surface area contributed by atoms with Gasteiger partial charge in [0.15, 0.2) is 5.65 Å². The van der Waals surface area contributed by atoms with E-state index in [0.29, 0.717) is 23.0 Å². The maximum atomic E-state index is 12.6. The second-order valence-corrected chi connectivity index (χ2v) is 7.30. The number of nitrogens with one attached hydrogen (secondary N) is 2. The number of H-pyrrole nitrogens is 1. The molecule has 136 valence electrons. The van der Waals surface area contributed by atoms with E-state index >= 15 is 0 Å². The van der Waals surface area contributed by atoms with Crippen molar-refractivity contribution >= 4 is 45.6 Å². The van der Waals surface area contributed by atoms with Crippen molar-refractivity contribution in [3.63, 3.8) is 0 Å². The van der Waals surface area contributed by atoms with Crippen LogP contribution in [0, 0.1) is 6.92 Å². The summed E-state index contributed by atoms with van der Waals surface area (Å²) in [6, 6.07) is 11.6. The van der Waals surface area contributed by atoms with Crippen molar-refractivity contribution in [1.82, 2.24) is 25.1 Å². The number of benzene rings is 1. The van der Waals surface area contributed by atoms with E-state index in [1.807, 2.05) is 50.2 Å². The molecule has 0 fully saturated rings. The fourth-order valence-corrected chi connectivity index (χ4v) is 3.64. The smallest absolute Gasteiger partial charge is 0.239 e. The predicted octanol–water partition coefficient (Wildman–Crippen LogP) is 3.72. The minimum Gasteiger partial charge on any atom is -0.338 e. The molecule has 3 aromatic heterocycles. The quantitative estimate of drug-likeness (QED) is 0.514. The highest BCUT2D eigenvalue weighted by atomic mass is 32.2. The largest absolute Gasteiger partial charge is 0.338 e. The molecule has 0 aliphatic rings. The normalized spacial score (nSPS) is 12.4. The van der Waals surface area contributed by atoms with Crippen LogP contribution in [0.15, 0.2) is 47.8 Å². The predicted molar refractivity (Wildman–Crippen MR) is 107 cm³/mol. The molecule has 3 heterocycles. The van der Waals surface area contributed by atoms with Gasteiger partial charge in [-0.25, -0.2) is 9.97 Å². The Labute approximate surface area is 160 Å². The highest BCUT2D eigenvalue weighted by Crippen LogP contribution is 2.27. The van der Waals surface area contributed by atoms with E-state index in [-0.39, 0.29) is 11.2 Å². The summed E-state index contributed by atoms with van der Waals surface area (Å²) in [5.74, 6) is 0.455. The second kappa shape index (κ2) is 7.32. The topological polar surface area (TPSA) is 96.5 Å². The molecule has 4 aromatic rings. The molecule has 0 spiro atoms. The van der Waals surface area contributed by atoms with Gasteiger partial charge in [-0.05, 0) is 31.0 Å². The van der Waals surface area contributed by atoms with Crippen LogP contribution < -0.4 is 5.32 Å². The number of para-hydroxylation sites is 1. The van der Waals surface area contributed by atoms with Gasteiger partial charge in [0, 0.05) is 17.1 Å². The Kier molecular flexibility index (Phi) is 4.72. The van der Waals surface area contributed by atoms with Crippen LogP contribution in [0.3, 0.4) is 0 Å². The summed E-state index contributed by atoms with van der Waals surface area (Å²) in [5, 5.41) is 12.5. The molecule has 4 rings (SSSR count). The van der Waals surface area contributed by atoms with Crippen LogP contribution in [0.4, 0.5) is 5.82 Å². The van der Waals surface area contributed by atoms with Crippen molar-refractivity contribution in [2.45, 2.75) is 30.7 Å². The van der Waals surface area contributed by atoms with E-state index in [1.165, 1.54) is 11.8 Å². The van der Waals surface area contributed by atoms with Crippen molar-refractivity contribution in [2.75, 3.05) is 5.32 Å². The average Bonchev–Trinajstić information content (AvgIpc) is 3.05. The molecule has 8 heteroatoms. The zero-order valence-electron chi connectivity index (χ0n) is 14.9. The number of fused-ring (bicyclic) bond motifs is 3. The number of rotatable bonds is 5. The van der Waals surface area contributed by atoms with Gasteiger partial charge in [0.2, 0.25) is 11.1 Å². The van der Waals surface area contributed by atoms with Gasteiger partial charge in [-0.1, -0.05) is 43.0 Å². The van der Waals surface area contributed by atoms with Crippen molar-refractivity contribution in [1.29, 1.82) is 0 Å². The average molecular weight is 378 g/mol. The Bertz CT molecular complexity index is 1130. The minimum atomic E-state index is -0.338. The number of aromatic amines is 1. The van der Waals surface area contributed by atoms with Gasteiger partial charge in [0.1, 0.15) is 11.3 Å². The van der Waals surface area contributed by atoms with E-state index in [1.54, 1.807) is 6.20 Å². The van der Waals surface area contributed by atoms with Crippen molar-refractivity contribution in [3.8, 4) is 0 Å². The number of amides is 1. The van der Waals surface area contributed by atoms with Crippen LogP contribution in [0.1, 0.15) is 18.9 Å². The van der Waals surface area contributed by atoms with Gasteiger partial charge >= 0.3 is 0 Å². The third kappa shape index (κ3) is 3.48. The number of thioether (sulfide) groups is 1. The Morgan fingerprint density at radius 1 is 1.22 bits per heavy atom. The zero-order valence-corrected chi connectivity index (χ0v) is 15.7. The Morgan fingerprint density at radius 3 is 2.89 bits per heavy atom. The second-order valence-electron chi connectivity index (χ2n) is 6.14. The van der Waals surface area contributed by atoms with Crippen molar-refractivity contribution in [3.05, 3.63) is 48.2 Å². The lowest BCUT2D eigenvalue weighted by Crippen LogP contribution is -2.25. The Morgan fingerprint density at radius 2 is 2.07 bits per heavy atom. The van der Waals surface area contributed by atoms with Gasteiger partial charge in [0.25, 0.3) is 0 Å². The summed E-state index contributed by atoms with van der Waals surface area (Å²) in [6.07, 6.45) is 2.30. The molecule has 0 saturated carbocycles. The van der Waals surface area contributed by atoms with Crippen LogP contribution in [0.25, 0.3) is 22.1 Å². The Balaban J connectivity index is 1.56. The molecule has 27 heavy (non-hydrogen) atoms. The number of pyridine rings is 1. The van der Waals surface area contributed by atoms with Gasteiger partial charge in [-0.3, -0.25) is 4.79 Å². The molecule has 1 atom stereocenters. The number of nitrogens with zero attached hydrogens (tertiary/aromatic N) is 4. The lowest BCUT2D eigenvalue weighted by atomic mass is 10.2. The molecule has 0 aliphatic heterocycles. The molecule has 0 saturated heterocycles. The van der Waals surface area contributed by atoms with Crippen LogP contribution in [-0.2, 0) is 4.79 Å². The standard InChI is InChI=1S/C19H18N6OS/c1-3-14(18(26)22-16-11(2)7-6-10-20-16)27-19-23-17-15(24-25-19)12-8-4-5-9-13(12)21-17/h4-10,14H,3H2,1-2H3,(H,20,22,26)(H,21,23,25). The molecule has 1 unspecified atom stereocenters. The highest BCUT2D eigenvalue weighted by Gasteiger charge is 2.21. The molecule has 0 bridgehead atoms. The van der Waals surface area contributed by atoms with E-state index < -0.39 is 0 Å². The first-order valence-electron chi connectivity index (χ1n) is 8.66. The number of hydrogen-bond donors (Lipinski definition) is 2. The molecule has 0 aliphatic carbocycles. The number of hydrogen-bond acceptors (Lipinski definition) is 6.